The molecule has 0 atom stereocenters. The van der Waals surface area contributed by atoms with Gasteiger partial charge in [0, 0.05) is 12.0 Å². The Morgan fingerprint density at radius 1 is 1.70 bits per heavy atom. The van der Waals surface area contributed by atoms with Gasteiger partial charge in [0.1, 0.15) is 5.76 Å². The van der Waals surface area contributed by atoms with Gasteiger partial charge in [0.05, 0.1) is 0 Å². The van der Waals surface area contributed by atoms with E-state index in [0.29, 0.717) is 11.7 Å². The Bertz CT molecular complexity index is 207. The highest BCUT2D eigenvalue weighted by Crippen LogP contribution is 2.16. The summed E-state index contributed by atoms with van der Waals surface area (Å²) in [7, 11) is 0. The second-order valence-electron chi connectivity index (χ2n) is 2.38. The van der Waals surface area contributed by atoms with Gasteiger partial charge in [-0.2, -0.15) is 0 Å². The van der Waals surface area contributed by atoms with E-state index in [-0.39, 0.29) is 0 Å². The van der Waals surface area contributed by atoms with E-state index in [1.807, 2.05) is 19.3 Å². The standard InChI is InChI=1S/C6H10N2O2/c1-4(2)5-3-6(7-9)8-10-5/h3-4,9H,1-2H3,(H,7,8). The molecule has 0 fully saturated rings. The molecule has 0 bridgehead atoms. The van der Waals surface area contributed by atoms with Gasteiger partial charge in [0.2, 0.25) is 0 Å². The van der Waals surface area contributed by atoms with Crippen molar-refractivity contribution in [3.63, 3.8) is 0 Å². The first-order chi connectivity index (χ1) is 4.74. The van der Waals surface area contributed by atoms with Crippen LogP contribution in [0, 0.1) is 0 Å². The molecule has 0 saturated carbocycles. The lowest BCUT2D eigenvalue weighted by Crippen LogP contribution is -1.87. The maximum Gasteiger partial charge on any atom is 0.193 e. The van der Waals surface area contributed by atoms with Crippen LogP contribution in [0.5, 0.6) is 0 Å². The molecule has 0 spiro atoms. The number of hydrogen-bond donors (Lipinski definition) is 2. The predicted molar refractivity (Wildman–Crippen MR) is 36.0 cm³/mol. The Morgan fingerprint density at radius 3 is 2.70 bits per heavy atom. The molecule has 0 radical (unpaired) electrons. The maximum absolute atomic E-state index is 8.36. The molecule has 10 heavy (non-hydrogen) atoms. The molecule has 1 aromatic heterocycles. The van der Waals surface area contributed by atoms with Crippen LogP contribution in [0.1, 0.15) is 25.5 Å². The van der Waals surface area contributed by atoms with Crippen LogP contribution >= 0.6 is 0 Å². The molecule has 0 aromatic carbocycles. The van der Waals surface area contributed by atoms with Gasteiger partial charge in [-0.1, -0.05) is 19.0 Å². The van der Waals surface area contributed by atoms with Crippen LogP contribution < -0.4 is 5.48 Å². The zero-order valence-electron chi connectivity index (χ0n) is 5.96. The fourth-order valence-corrected chi connectivity index (χ4v) is 0.614. The molecular weight excluding hydrogens is 132 g/mol. The van der Waals surface area contributed by atoms with E-state index in [1.165, 1.54) is 0 Å². The lowest BCUT2D eigenvalue weighted by Gasteiger charge is -1.92. The highest BCUT2D eigenvalue weighted by Gasteiger charge is 2.05. The third-order valence-corrected chi connectivity index (χ3v) is 1.21. The average Bonchev–Trinajstić information content (AvgIpc) is 2.34. The first-order valence-electron chi connectivity index (χ1n) is 3.10. The molecule has 56 valence electrons. The Hall–Kier alpha value is -1.03. The minimum Gasteiger partial charge on any atom is -0.359 e. The van der Waals surface area contributed by atoms with Crippen molar-refractivity contribution >= 4 is 5.82 Å². The summed E-state index contributed by atoms with van der Waals surface area (Å²) in [5.74, 6) is 1.41. The number of hydrogen-bond acceptors (Lipinski definition) is 4. The van der Waals surface area contributed by atoms with E-state index in [1.54, 1.807) is 6.07 Å². The van der Waals surface area contributed by atoms with Crippen molar-refractivity contribution in [1.82, 2.24) is 5.16 Å². The van der Waals surface area contributed by atoms with E-state index in [0.717, 1.165) is 5.76 Å². The van der Waals surface area contributed by atoms with E-state index in [2.05, 4.69) is 5.16 Å². The summed E-state index contributed by atoms with van der Waals surface area (Å²) in [6.45, 7) is 3.98. The van der Waals surface area contributed by atoms with Gasteiger partial charge in [-0.05, 0) is 0 Å². The lowest BCUT2D eigenvalue weighted by atomic mass is 10.2. The summed E-state index contributed by atoms with van der Waals surface area (Å²) in [5.41, 5.74) is 1.90. The van der Waals surface area contributed by atoms with Crippen LogP contribution in [0.4, 0.5) is 5.82 Å². The minimum atomic E-state index is 0.301. The number of anilines is 1. The van der Waals surface area contributed by atoms with Crippen molar-refractivity contribution in [3.05, 3.63) is 11.8 Å². The van der Waals surface area contributed by atoms with Gasteiger partial charge in [-0.15, -0.1) is 0 Å². The third kappa shape index (κ3) is 1.27. The van der Waals surface area contributed by atoms with Crippen molar-refractivity contribution in [1.29, 1.82) is 0 Å². The largest absolute Gasteiger partial charge is 0.359 e. The van der Waals surface area contributed by atoms with Gasteiger partial charge in [-0.3, -0.25) is 5.21 Å². The van der Waals surface area contributed by atoms with Crippen LogP contribution in [0.25, 0.3) is 0 Å². The molecule has 0 saturated heterocycles. The van der Waals surface area contributed by atoms with Crippen LogP contribution in [-0.2, 0) is 0 Å². The predicted octanol–water partition coefficient (Wildman–Crippen LogP) is 1.60. The first kappa shape index (κ1) is 7.08. The lowest BCUT2D eigenvalue weighted by molar-refractivity contribution is 0.351. The second-order valence-corrected chi connectivity index (χ2v) is 2.38. The van der Waals surface area contributed by atoms with E-state index in [4.69, 9.17) is 9.73 Å². The average molecular weight is 142 g/mol. The van der Waals surface area contributed by atoms with Gasteiger partial charge in [0.15, 0.2) is 5.82 Å². The summed E-state index contributed by atoms with van der Waals surface area (Å²) >= 11 is 0. The fourth-order valence-electron chi connectivity index (χ4n) is 0.614. The van der Waals surface area contributed by atoms with Crippen LogP contribution in [0.2, 0.25) is 0 Å². The molecule has 0 aliphatic heterocycles. The van der Waals surface area contributed by atoms with Crippen LogP contribution in [-0.4, -0.2) is 10.4 Å². The normalized spacial score (nSPS) is 10.4. The fraction of sp³-hybridized carbons (Fsp3) is 0.500. The van der Waals surface area contributed by atoms with E-state index >= 15 is 0 Å². The highest BCUT2D eigenvalue weighted by atomic mass is 16.5. The molecule has 1 rings (SSSR count). The Kier molecular flexibility index (Phi) is 1.91. The summed E-state index contributed by atoms with van der Waals surface area (Å²) in [4.78, 5) is 0. The Morgan fingerprint density at radius 2 is 2.40 bits per heavy atom. The van der Waals surface area contributed by atoms with Gasteiger partial charge in [0.25, 0.3) is 0 Å². The molecule has 1 heterocycles. The molecule has 4 heteroatoms. The van der Waals surface area contributed by atoms with Crippen molar-refractivity contribution in [2.24, 2.45) is 0 Å². The number of nitrogens with zero attached hydrogens (tertiary/aromatic N) is 1. The minimum absolute atomic E-state index is 0.301. The first-order valence-corrected chi connectivity index (χ1v) is 3.10. The molecular formula is C6H10N2O2. The van der Waals surface area contributed by atoms with Gasteiger partial charge >= 0.3 is 0 Å². The van der Waals surface area contributed by atoms with Crippen LogP contribution in [0.3, 0.4) is 0 Å². The van der Waals surface area contributed by atoms with Crippen molar-refractivity contribution in [2.45, 2.75) is 19.8 Å². The summed E-state index contributed by atoms with van der Waals surface area (Å²) in [6.07, 6.45) is 0. The number of aromatic nitrogens is 1. The second kappa shape index (κ2) is 2.70. The topological polar surface area (TPSA) is 58.3 Å². The monoisotopic (exact) mass is 142 g/mol. The summed E-state index contributed by atoms with van der Waals surface area (Å²) < 4.78 is 4.84. The SMILES string of the molecule is CC(C)c1cc(NO)no1. The molecule has 0 aliphatic carbocycles. The van der Waals surface area contributed by atoms with E-state index in [9.17, 15) is 0 Å². The van der Waals surface area contributed by atoms with Crippen LogP contribution in [0.15, 0.2) is 10.6 Å². The van der Waals surface area contributed by atoms with Gasteiger partial charge in [-0.25, -0.2) is 5.48 Å². The molecule has 4 nitrogen and oxygen atoms in total. The maximum atomic E-state index is 8.36. The van der Waals surface area contributed by atoms with Gasteiger partial charge < -0.3 is 4.52 Å². The molecule has 0 unspecified atom stereocenters. The number of nitrogens with one attached hydrogen (secondary N) is 1. The highest BCUT2D eigenvalue weighted by molar-refractivity contribution is 5.31. The molecule has 0 amide bonds. The molecule has 1 aromatic rings. The quantitative estimate of drug-likeness (QED) is 0.616. The smallest absolute Gasteiger partial charge is 0.193 e. The third-order valence-electron chi connectivity index (χ3n) is 1.21. The Balaban J connectivity index is 2.78. The zero-order chi connectivity index (χ0) is 7.56. The molecule has 0 aliphatic rings. The van der Waals surface area contributed by atoms with E-state index < -0.39 is 0 Å². The Labute approximate surface area is 58.8 Å². The van der Waals surface area contributed by atoms with Crippen molar-refractivity contribution < 1.29 is 9.73 Å². The zero-order valence-corrected chi connectivity index (χ0v) is 5.96. The van der Waals surface area contributed by atoms with Crippen molar-refractivity contribution in [2.75, 3.05) is 5.48 Å². The molecule has 2 N–H and O–H groups in total. The summed E-state index contributed by atoms with van der Waals surface area (Å²) in [5, 5.41) is 11.9. The summed E-state index contributed by atoms with van der Waals surface area (Å²) in [6, 6.07) is 1.66. The number of rotatable bonds is 2. The van der Waals surface area contributed by atoms with Crippen molar-refractivity contribution in [3.8, 4) is 0 Å².